The van der Waals surface area contributed by atoms with Crippen LogP contribution in [0.15, 0.2) is 78.4 Å². The summed E-state index contributed by atoms with van der Waals surface area (Å²) in [5, 5.41) is 22.7. The SMILES string of the molecule is Cc1ccc(C(O)=C2C(=O)C(=O)N(c3ccc(F)cc3)[C@H]2c2ccccc2[N+](=O)[O-])cc1. The molecule has 1 fully saturated rings. The van der Waals surface area contributed by atoms with E-state index in [1.807, 2.05) is 6.92 Å². The van der Waals surface area contributed by atoms with Gasteiger partial charge in [-0.05, 0) is 37.3 Å². The molecule has 0 aromatic heterocycles. The highest BCUT2D eigenvalue weighted by Crippen LogP contribution is 2.44. The number of carbonyl (C=O) groups is 2. The highest BCUT2D eigenvalue weighted by molar-refractivity contribution is 6.51. The number of aryl methyl sites for hydroxylation is 1. The van der Waals surface area contributed by atoms with Gasteiger partial charge < -0.3 is 5.11 Å². The Morgan fingerprint density at radius 1 is 1.00 bits per heavy atom. The van der Waals surface area contributed by atoms with E-state index in [1.54, 1.807) is 30.3 Å². The van der Waals surface area contributed by atoms with E-state index in [1.165, 1.54) is 30.3 Å². The van der Waals surface area contributed by atoms with Crippen molar-refractivity contribution in [2.45, 2.75) is 13.0 Å². The number of para-hydroxylation sites is 1. The molecule has 0 saturated carbocycles. The zero-order valence-corrected chi connectivity index (χ0v) is 16.9. The van der Waals surface area contributed by atoms with Gasteiger partial charge in [0, 0.05) is 17.3 Å². The summed E-state index contributed by atoms with van der Waals surface area (Å²) in [5.41, 5.74) is 0.827. The number of halogens is 1. The van der Waals surface area contributed by atoms with Crippen molar-refractivity contribution >= 4 is 28.8 Å². The van der Waals surface area contributed by atoms with Gasteiger partial charge in [-0.25, -0.2) is 4.39 Å². The monoisotopic (exact) mass is 432 g/mol. The third-order valence-electron chi connectivity index (χ3n) is 5.30. The lowest BCUT2D eigenvalue weighted by Gasteiger charge is -2.25. The summed E-state index contributed by atoms with van der Waals surface area (Å²) in [4.78, 5) is 38.2. The first-order chi connectivity index (χ1) is 15.3. The first-order valence-corrected chi connectivity index (χ1v) is 9.66. The summed E-state index contributed by atoms with van der Waals surface area (Å²) < 4.78 is 13.5. The van der Waals surface area contributed by atoms with E-state index in [2.05, 4.69) is 0 Å². The van der Waals surface area contributed by atoms with Crippen LogP contribution in [0.4, 0.5) is 15.8 Å². The Bertz CT molecular complexity index is 1270. The lowest BCUT2D eigenvalue weighted by Crippen LogP contribution is -2.29. The average molecular weight is 432 g/mol. The van der Waals surface area contributed by atoms with E-state index in [0.29, 0.717) is 0 Å². The predicted octanol–water partition coefficient (Wildman–Crippen LogP) is 4.67. The Hall–Kier alpha value is -4.33. The van der Waals surface area contributed by atoms with E-state index in [-0.39, 0.29) is 28.1 Å². The molecule has 1 saturated heterocycles. The Morgan fingerprint density at radius 2 is 1.62 bits per heavy atom. The average Bonchev–Trinajstić information content (AvgIpc) is 3.05. The summed E-state index contributed by atoms with van der Waals surface area (Å²) in [5.74, 6) is -2.97. The number of carbonyl (C=O) groups excluding carboxylic acids is 2. The fourth-order valence-electron chi connectivity index (χ4n) is 3.75. The van der Waals surface area contributed by atoms with E-state index >= 15 is 0 Å². The van der Waals surface area contributed by atoms with Crippen molar-refractivity contribution in [2.75, 3.05) is 4.90 Å². The van der Waals surface area contributed by atoms with E-state index in [4.69, 9.17) is 0 Å². The molecule has 1 aliphatic heterocycles. The molecule has 8 heteroatoms. The van der Waals surface area contributed by atoms with Crippen molar-refractivity contribution in [1.82, 2.24) is 0 Å². The molecule has 1 N–H and O–H groups in total. The number of aliphatic hydroxyl groups excluding tert-OH is 1. The second kappa shape index (κ2) is 8.07. The maximum atomic E-state index is 13.5. The molecule has 0 aliphatic carbocycles. The van der Waals surface area contributed by atoms with Crippen LogP contribution in [0.25, 0.3) is 5.76 Å². The molecule has 1 atom stereocenters. The van der Waals surface area contributed by atoms with Gasteiger partial charge >= 0.3 is 0 Å². The van der Waals surface area contributed by atoms with Crippen molar-refractivity contribution in [3.8, 4) is 0 Å². The number of nitro benzene ring substituents is 1. The fraction of sp³-hybridized carbons (Fsp3) is 0.0833. The van der Waals surface area contributed by atoms with Crippen LogP contribution >= 0.6 is 0 Å². The van der Waals surface area contributed by atoms with Crippen LogP contribution in [0.3, 0.4) is 0 Å². The highest BCUT2D eigenvalue weighted by atomic mass is 19.1. The first kappa shape index (κ1) is 20.9. The first-order valence-electron chi connectivity index (χ1n) is 9.66. The van der Waals surface area contributed by atoms with Crippen molar-refractivity contribution in [2.24, 2.45) is 0 Å². The summed E-state index contributed by atoms with van der Waals surface area (Å²) in [6, 6.07) is 15.9. The van der Waals surface area contributed by atoms with Crippen molar-refractivity contribution in [3.63, 3.8) is 0 Å². The summed E-state index contributed by atoms with van der Waals surface area (Å²) in [7, 11) is 0. The Balaban J connectivity index is 2.00. The lowest BCUT2D eigenvalue weighted by atomic mass is 9.94. The van der Waals surface area contributed by atoms with Crippen molar-refractivity contribution < 1.29 is 24.0 Å². The van der Waals surface area contributed by atoms with Gasteiger partial charge in [0.25, 0.3) is 17.4 Å². The predicted molar refractivity (Wildman–Crippen MR) is 115 cm³/mol. The summed E-state index contributed by atoms with van der Waals surface area (Å²) >= 11 is 0. The number of aliphatic hydroxyl groups is 1. The quantitative estimate of drug-likeness (QED) is 0.212. The van der Waals surface area contributed by atoms with Crippen molar-refractivity contribution in [1.29, 1.82) is 0 Å². The zero-order chi connectivity index (χ0) is 23.0. The summed E-state index contributed by atoms with van der Waals surface area (Å²) in [6.07, 6.45) is 0. The number of rotatable bonds is 4. The molecule has 0 bridgehead atoms. The molecule has 0 spiro atoms. The lowest BCUT2D eigenvalue weighted by molar-refractivity contribution is -0.385. The van der Waals surface area contributed by atoms with Crippen LogP contribution in [0, 0.1) is 22.9 Å². The second-order valence-electron chi connectivity index (χ2n) is 7.33. The van der Waals surface area contributed by atoms with Gasteiger partial charge in [0.2, 0.25) is 0 Å². The molecule has 1 aliphatic rings. The number of benzene rings is 3. The van der Waals surface area contributed by atoms with Crippen LogP contribution in [0.5, 0.6) is 0 Å². The van der Waals surface area contributed by atoms with Gasteiger partial charge in [-0.2, -0.15) is 0 Å². The van der Waals surface area contributed by atoms with Gasteiger partial charge in [0.05, 0.1) is 16.1 Å². The van der Waals surface area contributed by atoms with E-state index < -0.39 is 34.2 Å². The number of Topliss-reactive ketones (excluding diaryl/α,β-unsaturated/α-hetero) is 1. The van der Waals surface area contributed by atoms with Gasteiger partial charge in [0.1, 0.15) is 17.6 Å². The van der Waals surface area contributed by atoms with Gasteiger partial charge in [-0.1, -0.05) is 42.0 Å². The molecule has 1 heterocycles. The smallest absolute Gasteiger partial charge is 0.300 e. The molecule has 0 unspecified atom stereocenters. The van der Waals surface area contributed by atoms with Crippen LogP contribution in [-0.4, -0.2) is 21.7 Å². The van der Waals surface area contributed by atoms with Gasteiger partial charge in [0.15, 0.2) is 0 Å². The molecule has 4 rings (SSSR count). The molecule has 32 heavy (non-hydrogen) atoms. The minimum Gasteiger partial charge on any atom is -0.507 e. The molecule has 160 valence electrons. The van der Waals surface area contributed by atoms with Crippen LogP contribution in [0.2, 0.25) is 0 Å². The van der Waals surface area contributed by atoms with Gasteiger partial charge in [-0.3, -0.25) is 24.6 Å². The number of amides is 1. The second-order valence-corrected chi connectivity index (χ2v) is 7.33. The number of nitro groups is 1. The molecule has 1 amide bonds. The number of nitrogens with zero attached hydrogens (tertiary/aromatic N) is 2. The maximum Gasteiger partial charge on any atom is 0.300 e. The van der Waals surface area contributed by atoms with Crippen LogP contribution < -0.4 is 4.90 Å². The number of ketones is 1. The Kier molecular flexibility index (Phi) is 5.28. The maximum absolute atomic E-state index is 13.5. The zero-order valence-electron chi connectivity index (χ0n) is 16.9. The highest BCUT2D eigenvalue weighted by Gasteiger charge is 2.48. The molecular formula is C24H17FN2O5. The largest absolute Gasteiger partial charge is 0.507 e. The molecule has 3 aromatic rings. The van der Waals surface area contributed by atoms with Crippen LogP contribution in [0.1, 0.15) is 22.7 Å². The Morgan fingerprint density at radius 3 is 2.25 bits per heavy atom. The number of anilines is 1. The van der Waals surface area contributed by atoms with E-state index in [9.17, 15) is 29.2 Å². The van der Waals surface area contributed by atoms with Crippen LogP contribution in [-0.2, 0) is 9.59 Å². The standard InChI is InChI=1S/C24H17FN2O5/c1-14-6-8-15(9-7-14)22(28)20-21(18-4-2-3-5-19(18)27(31)32)26(24(30)23(20)29)17-12-10-16(25)11-13-17/h2-13,21,28H,1H3/t21-/m0/s1. The van der Waals surface area contributed by atoms with Crippen molar-refractivity contribution in [3.05, 3.63) is 111 Å². The number of hydrogen-bond donors (Lipinski definition) is 1. The minimum atomic E-state index is -1.27. The third-order valence-corrected chi connectivity index (χ3v) is 5.30. The topological polar surface area (TPSA) is 101 Å². The summed E-state index contributed by atoms with van der Waals surface area (Å²) in [6.45, 7) is 1.85. The Labute approximate surface area is 182 Å². The number of hydrogen-bond acceptors (Lipinski definition) is 5. The molecule has 0 radical (unpaired) electrons. The normalized spacial score (nSPS) is 17.6. The molecule has 3 aromatic carbocycles. The fourth-order valence-corrected chi connectivity index (χ4v) is 3.75. The third kappa shape index (κ3) is 3.51. The molecule has 7 nitrogen and oxygen atoms in total. The van der Waals surface area contributed by atoms with E-state index in [0.717, 1.165) is 22.6 Å². The molecular weight excluding hydrogens is 415 g/mol. The van der Waals surface area contributed by atoms with Gasteiger partial charge in [-0.15, -0.1) is 0 Å². The minimum absolute atomic E-state index is 0.0506.